The number of ether oxygens (including phenoxy) is 1. The summed E-state index contributed by atoms with van der Waals surface area (Å²) in [6, 6.07) is 14.8. The number of hydrogen-bond donors (Lipinski definition) is 1. The fraction of sp³-hybridized carbons (Fsp3) is 0.200. The molecule has 0 aromatic heterocycles. The molecule has 0 saturated heterocycles. The maximum atomic E-state index is 14.6. The highest BCUT2D eigenvalue weighted by molar-refractivity contribution is 5.83. The van der Waals surface area contributed by atoms with Crippen molar-refractivity contribution in [3.8, 4) is 5.75 Å². The van der Waals surface area contributed by atoms with E-state index in [1.54, 1.807) is 24.3 Å². The first-order valence-corrected chi connectivity index (χ1v) is 7.92. The van der Waals surface area contributed by atoms with Crippen LogP contribution in [0.25, 0.3) is 10.8 Å². The van der Waals surface area contributed by atoms with Crippen LogP contribution in [-0.2, 0) is 5.60 Å². The maximum Gasteiger partial charge on any atom is 0.457 e. The monoisotopic (exact) mass is 382 g/mol. The second-order valence-electron chi connectivity index (χ2n) is 6.08. The van der Waals surface area contributed by atoms with Crippen molar-refractivity contribution in [1.29, 1.82) is 0 Å². The van der Waals surface area contributed by atoms with E-state index in [4.69, 9.17) is 4.74 Å². The van der Waals surface area contributed by atoms with Crippen LogP contribution in [-0.4, -0.2) is 24.3 Å². The van der Waals surface area contributed by atoms with E-state index in [0.717, 1.165) is 24.3 Å². The highest BCUT2D eigenvalue weighted by Crippen LogP contribution is 2.52. The fourth-order valence-electron chi connectivity index (χ4n) is 3.00. The molecule has 0 aliphatic heterocycles. The van der Waals surface area contributed by atoms with Gasteiger partial charge in [0, 0.05) is 0 Å². The first-order valence-electron chi connectivity index (χ1n) is 7.92. The molecule has 7 heteroatoms. The third kappa shape index (κ3) is 3.02. The zero-order valence-electron chi connectivity index (χ0n) is 14.1. The number of aliphatic hydroxyl groups is 1. The Labute approximate surface area is 151 Å². The molecule has 1 N–H and O–H groups in total. The number of alkyl halides is 5. The number of halogens is 5. The Morgan fingerprint density at radius 1 is 0.741 bits per heavy atom. The molecule has 0 amide bonds. The lowest BCUT2D eigenvalue weighted by molar-refractivity contribution is -0.336. The van der Waals surface area contributed by atoms with Gasteiger partial charge in [-0.1, -0.05) is 48.5 Å². The average molecular weight is 382 g/mol. The summed E-state index contributed by atoms with van der Waals surface area (Å²) < 4.78 is 73.8. The Kier molecular flexibility index (Phi) is 4.59. The summed E-state index contributed by atoms with van der Waals surface area (Å²) in [6.45, 7) is 0. The first kappa shape index (κ1) is 19.1. The molecule has 0 aliphatic rings. The molecule has 3 aromatic rings. The van der Waals surface area contributed by atoms with Gasteiger partial charge in [-0.3, -0.25) is 0 Å². The van der Waals surface area contributed by atoms with Crippen LogP contribution >= 0.6 is 0 Å². The van der Waals surface area contributed by atoms with Gasteiger partial charge in [0.25, 0.3) is 0 Å². The molecule has 1 unspecified atom stereocenters. The third-order valence-electron chi connectivity index (χ3n) is 4.47. The molecule has 142 valence electrons. The van der Waals surface area contributed by atoms with E-state index >= 15 is 0 Å². The molecular weight excluding hydrogens is 367 g/mol. The van der Waals surface area contributed by atoms with Crippen molar-refractivity contribution in [2.75, 3.05) is 7.11 Å². The van der Waals surface area contributed by atoms with Crippen LogP contribution in [0.4, 0.5) is 22.0 Å². The van der Waals surface area contributed by atoms with Gasteiger partial charge in [0.2, 0.25) is 0 Å². The van der Waals surface area contributed by atoms with E-state index in [2.05, 4.69) is 0 Å². The van der Waals surface area contributed by atoms with Gasteiger partial charge in [-0.05, 0) is 40.1 Å². The summed E-state index contributed by atoms with van der Waals surface area (Å²) >= 11 is 0. The number of methoxy groups -OCH3 is 1. The topological polar surface area (TPSA) is 29.5 Å². The lowest BCUT2D eigenvalue weighted by Crippen LogP contribution is -2.55. The molecule has 0 radical (unpaired) electrons. The quantitative estimate of drug-likeness (QED) is 0.622. The molecule has 1 atom stereocenters. The van der Waals surface area contributed by atoms with Gasteiger partial charge in [-0.2, -0.15) is 22.0 Å². The Hall–Kier alpha value is -2.67. The summed E-state index contributed by atoms with van der Waals surface area (Å²) in [6.07, 6.45) is -5.98. The number of rotatable bonds is 4. The van der Waals surface area contributed by atoms with Crippen molar-refractivity contribution in [2.24, 2.45) is 0 Å². The molecule has 0 fully saturated rings. The average Bonchev–Trinajstić information content (AvgIpc) is 2.66. The lowest BCUT2D eigenvalue weighted by Gasteiger charge is -2.37. The molecule has 3 rings (SSSR count). The Morgan fingerprint density at radius 2 is 1.37 bits per heavy atom. The van der Waals surface area contributed by atoms with Gasteiger partial charge >= 0.3 is 12.1 Å². The zero-order chi connectivity index (χ0) is 19.9. The van der Waals surface area contributed by atoms with E-state index in [1.807, 2.05) is 0 Å². The van der Waals surface area contributed by atoms with Gasteiger partial charge in [0.05, 0.1) is 7.11 Å². The summed E-state index contributed by atoms with van der Waals surface area (Å²) in [7, 11) is 1.25. The second kappa shape index (κ2) is 6.49. The van der Waals surface area contributed by atoms with Crippen molar-refractivity contribution in [3.05, 3.63) is 77.9 Å². The van der Waals surface area contributed by atoms with E-state index < -0.39 is 28.8 Å². The van der Waals surface area contributed by atoms with Gasteiger partial charge in [-0.15, -0.1) is 0 Å². The Balaban J connectivity index is 2.32. The van der Waals surface area contributed by atoms with Crippen LogP contribution < -0.4 is 4.74 Å². The highest BCUT2D eigenvalue weighted by atomic mass is 19.4. The molecule has 2 nitrogen and oxygen atoms in total. The first-order chi connectivity index (χ1) is 12.6. The highest BCUT2D eigenvalue weighted by Gasteiger charge is 2.71. The maximum absolute atomic E-state index is 14.6. The van der Waals surface area contributed by atoms with Gasteiger partial charge in [0.15, 0.2) is 5.60 Å². The van der Waals surface area contributed by atoms with Crippen LogP contribution in [0.15, 0.2) is 66.7 Å². The zero-order valence-corrected chi connectivity index (χ0v) is 14.1. The fourth-order valence-corrected chi connectivity index (χ4v) is 3.00. The third-order valence-corrected chi connectivity index (χ3v) is 4.47. The van der Waals surface area contributed by atoms with Crippen molar-refractivity contribution >= 4 is 10.8 Å². The predicted molar refractivity (Wildman–Crippen MR) is 90.9 cm³/mol. The van der Waals surface area contributed by atoms with Crippen LogP contribution in [0.3, 0.4) is 0 Å². The van der Waals surface area contributed by atoms with Crippen LogP contribution in [0.5, 0.6) is 5.75 Å². The van der Waals surface area contributed by atoms with E-state index in [9.17, 15) is 27.1 Å². The van der Waals surface area contributed by atoms with E-state index in [-0.39, 0.29) is 5.75 Å². The Morgan fingerprint density at radius 3 is 2.00 bits per heavy atom. The summed E-state index contributed by atoms with van der Waals surface area (Å²) in [5, 5.41) is 11.9. The van der Waals surface area contributed by atoms with Crippen LogP contribution in [0.2, 0.25) is 0 Å². The minimum Gasteiger partial charge on any atom is -0.497 e. The molecule has 3 aromatic carbocycles. The lowest BCUT2D eigenvalue weighted by atomic mass is 9.79. The summed E-state index contributed by atoms with van der Waals surface area (Å²) in [5.74, 6) is -5.40. The van der Waals surface area contributed by atoms with Crippen molar-refractivity contribution < 1.29 is 31.8 Å². The summed E-state index contributed by atoms with van der Waals surface area (Å²) in [4.78, 5) is 0. The van der Waals surface area contributed by atoms with Gasteiger partial charge in [0.1, 0.15) is 5.75 Å². The largest absolute Gasteiger partial charge is 0.497 e. The van der Waals surface area contributed by atoms with E-state index in [0.29, 0.717) is 10.8 Å². The number of fused-ring (bicyclic) bond motifs is 1. The minimum absolute atomic E-state index is 0.0460. The molecular formula is C20H15F5O2. The van der Waals surface area contributed by atoms with Crippen molar-refractivity contribution in [1.82, 2.24) is 0 Å². The molecule has 0 aliphatic carbocycles. The molecule has 0 heterocycles. The number of hydrogen-bond acceptors (Lipinski definition) is 2. The molecule has 27 heavy (non-hydrogen) atoms. The van der Waals surface area contributed by atoms with Gasteiger partial charge < -0.3 is 9.84 Å². The minimum atomic E-state index is -5.98. The number of benzene rings is 3. The molecule has 0 spiro atoms. The molecule has 0 saturated carbocycles. The Bertz CT molecular complexity index is 968. The second-order valence-corrected chi connectivity index (χ2v) is 6.08. The SMILES string of the molecule is COc1cccc(C(O)(c2ccc3ccccc3c2)C(F)(F)C(F)(F)F)c1. The summed E-state index contributed by atoms with van der Waals surface area (Å²) in [5.41, 5.74) is -4.83. The smallest absolute Gasteiger partial charge is 0.457 e. The van der Waals surface area contributed by atoms with Gasteiger partial charge in [-0.25, -0.2) is 0 Å². The van der Waals surface area contributed by atoms with Crippen LogP contribution in [0.1, 0.15) is 11.1 Å². The van der Waals surface area contributed by atoms with Crippen molar-refractivity contribution in [2.45, 2.75) is 17.7 Å². The predicted octanol–water partition coefficient (Wildman–Crippen LogP) is 5.28. The molecule has 0 bridgehead atoms. The van der Waals surface area contributed by atoms with Crippen molar-refractivity contribution in [3.63, 3.8) is 0 Å². The van der Waals surface area contributed by atoms with E-state index in [1.165, 1.54) is 25.3 Å². The normalized spacial score (nSPS) is 14.8. The standard InChI is InChI=1S/C20H15F5O2/c1-27-17-8-4-7-15(12-17)18(26,19(21,22)20(23,24)25)16-10-9-13-5-2-3-6-14(13)11-16/h2-12,26H,1H3. The van der Waals surface area contributed by atoms with Crippen LogP contribution in [0, 0.1) is 0 Å².